The summed E-state index contributed by atoms with van der Waals surface area (Å²) in [4.78, 5) is 0. The minimum Gasteiger partial charge on any atom is -0.234 e. The summed E-state index contributed by atoms with van der Waals surface area (Å²) in [5, 5.41) is 5.15. The second kappa shape index (κ2) is 4.02. The maximum absolute atomic E-state index is 13.6. The highest BCUT2D eigenvalue weighted by molar-refractivity contribution is 14.2. The first-order valence-electron chi connectivity index (χ1n) is 3.84. The fourth-order valence-corrected chi connectivity index (χ4v) is 3.35. The molecule has 1 aromatic heterocycles. The van der Waals surface area contributed by atoms with Gasteiger partial charge in [-0.3, -0.25) is 0 Å². The molecule has 0 aliphatic rings. The fraction of sp³-hybridized carbons (Fsp3) is 0.125. The number of rotatable bonds is 1. The maximum atomic E-state index is 13.6. The molecule has 0 saturated heterocycles. The van der Waals surface area contributed by atoms with Crippen molar-refractivity contribution in [2.45, 2.75) is 6.92 Å². The third kappa shape index (κ3) is 1.70. The summed E-state index contributed by atoms with van der Waals surface area (Å²) in [7, 11) is 0. The van der Waals surface area contributed by atoms with Crippen molar-refractivity contribution in [1.82, 2.24) is 9.55 Å². The highest BCUT2D eigenvalue weighted by Crippen LogP contribution is 2.33. The summed E-state index contributed by atoms with van der Waals surface area (Å²) in [5.74, 6) is -0.223. The molecule has 1 unspecified atom stereocenters. The molecule has 74 valence electrons. The summed E-state index contributed by atoms with van der Waals surface area (Å²) < 4.78 is 16.1. The molecule has 0 aliphatic heterocycles. The van der Waals surface area contributed by atoms with Crippen LogP contribution < -0.4 is 0 Å². The van der Waals surface area contributed by atoms with Crippen molar-refractivity contribution >= 4 is 55.2 Å². The molecule has 14 heavy (non-hydrogen) atoms. The molecule has 0 bridgehead atoms. The number of nitrogens with zero attached hydrogens (tertiary/aromatic N) is 2. The summed E-state index contributed by atoms with van der Waals surface area (Å²) >= 11 is 5.46. The zero-order valence-corrected chi connectivity index (χ0v) is 11.9. The number of hydrogen-bond donors (Lipinski definition) is 0. The zero-order valence-electron chi connectivity index (χ0n) is 7.18. The SMILES string of the molecule is Cc1nn(PI)c2c(F)cc(Br)cc12. The molecule has 1 heterocycles. The summed E-state index contributed by atoms with van der Waals surface area (Å²) in [6.45, 7) is 1.89. The van der Waals surface area contributed by atoms with Crippen LogP contribution in [0.3, 0.4) is 0 Å². The van der Waals surface area contributed by atoms with Gasteiger partial charge in [-0.25, -0.2) is 8.84 Å². The lowest BCUT2D eigenvalue weighted by molar-refractivity contribution is 0.634. The van der Waals surface area contributed by atoms with Crippen molar-refractivity contribution in [1.29, 1.82) is 0 Å². The largest absolute Gasteiger partial charge is 0.234 e. The Hall–Kier alpha value is 0.260. The molecule has 2 aromatic rings. The van der Waals surface area contributed by atoms with Crippen molar-refractivity contribution in [3.8, 4) is 0 Å². The Morgan fingerprint density at radius 1 is 1.57 bits per heavy atom. The van der Waals surface area contributed by atoms with Gasteiger partial charge >= 0.3 is 0 Å². The van der Waals surface area contributed by atoms with Crippen molar-refractivity contribution in [3.05, 3.63) is 28.1 Å². The van der Waals surface area contributed by atoms with Crippen molar-refractivity contribution in [2.75, 3.05) is 0 Å². The van der Waals surface area contributed by atoms with Crippen LogP contribution in [-0.4, -0.2) is 9.55 Å². The van der Waals surface area contributed by atoms with E-state index in [1.807, 2.05) is 13.0 Å². The number of fused-ring (bicyclic) bond motifs is 1. The molecule has 1 aromatic carbocycles. The summed E-state index contributed by atoms with van der Waals surface area (Å²) in [6.07, 6.45) is 0.418. The number of benzene rings is 1. The van der Waals surface area contributed by atoms with E-state index in [9.17, 15) is 4.39 Å². The first-order valence-corrected chi connectivity index (χ1v) is 8.70. The second-order valence-electron chi connectivity index (χ2n) is 2.87. The molecular formula is C8H6BrFIN2P. The van der Waals surface area contributed by atoms with Gasteiger partial charge < -0.3 is 0 Å². The van der Waals surface area contributed by atoms with E-state index in [0.717, 1.165) is 15.6 Å². The summed E-state index contributed by atoms with van der Waals surface area (Å²) in [6, 6.07) is 3.37. The van der Waals surface area contributed by atoms with Gasteiger partial charge in [-0.05, 0) is 41.1 Å². The molecule has 6 heteroatoms. The van der Waals surface area contributed by atoms with E-state index in [0.29, 0.717) is 11.9 Å². The van der Waals surface area contributed by atoms with E-state index < -0.39 is 0 Å². The molecule has 0 radical (unpaired) electrons. The number of hydrogen-bond acceptors (Lipinski definition) is 1. The lowest BCUT2D eigenvalue weighted by atomic mass is 10.2. The molecule has 0 spiro atoms. The van der Waals surface area contributed by atoms with Crippen molar-refractivity contribution in [2.24, 2.45) is 0 Å². The van der Waals surface area contributed by atoms with Crippen LogP contribution >= 0.6 is 44.3 Å². The quantitative estimate of drug-likeness (QED) is 0.534. The third-order valence-corrected chi connectivity index (χ3v) is 4.27. The minimum atomic E-state index is -0.223. The summed E-state index contributed by atoms with van der Waals surface area (Å²) in [5.41, 5.74) is 1.46. The molecule has 0 saturated carbocycles. The van der Waals surface area contributed by atoms with Crippen LogP contribution in [0.4, 0.5) is 4.39 Å². The Morgan fingerprint density at radius 2 is 2.29 bits per heavy atom. The van der Waals surface area contributed by atoms with Gasteiger partial charge in [0.1, 0.15) is 5.52 Å². The standard InChI is InChI=1S/C8H6BrFIN2P/c1-4-6-2-5(9)3-7(10)8(6)13(12-4)14-11/h2-3,14H,1H3. The monoisotopic (exact) mass is 386 g/mol. The Morgan fingerprint density at radius 3 is 2.93 bits per heavy atom. The van der Waals surface area contributed by atoms with Gasteiger partial charge in [0.2, 0.25) is 0 Å². The van der Waals surface area contributed by atoms with Crippen LogP contribution in [0.2, 0.25) is 0 Å². The Labute approximate surface area is 104 Å². The van der Waals surface area contributed by atoms with Crippen LogP contribution in [0.25, 0.3) is 10.9 Å². The van der Waals surface area contributed by atoms with E-state index in [1.165, 1.54) is 6.07 Å². The number of aromatic nitrogens is 2. The van der Waals surface area contributed by atoms with E-state index in [4.69, 9.17) is 0 Å². The van der Waals surface area contributed by atoms with Gasteiger partial charge in [0.15, 0.2) is 5.82 Å². The van der Waals surface area contributed by atoms with Gasteiger partial charge in [-0.2, -0.15) is 5.10 Å². The topological polar surface area (TPSA) is 17.8 Å². The molecule has 2 rings (SSSR count). The molecule has 0 amide bonds. The molecule has 2 nitrogen and oxygen atoms in total. The van der Waals surface area contributed by atoms with Gasteiger partial charge in [0.05, 0.1) is 12.1 Å². The second-order valence-corrected chi connectivity index (χ2v) is 5.82. The average molecular weight is 387 g/mol. The first-order chi connectivity index (χ1) is 6.63. The maximum Gasteiger partial charge on any atom is 0.150 e. The Bertz CT molecular complexity index is 500. The van der Waals surface area contributed by atoms with Crippen molar-refractivity contribution < 1.29 is 4.39 Å². The van der Waals surface area contributed by atoms with Gasteiger partial charge in [-0.15, -0.1) is 0 Å². The molecule has 0 N–H and O–H groups in total. The first kappa shape index (κ1) is 10.8. The Kier molecular flexibility index (Phi) is 3.09. The Balaban J connectivity index is 2.89. The average Bonchev–Trinajstić information content (AvgIpc) is 2.43. The molecule has 1 atom stereocenters. The highest BCUT2D eigenvalue weighted by Gasteiger charge is 2.12. The molecule has 0 aliphatic carbocycles. The number of aryl methyl sites for hydroxylation is 1. The predicted molar refractivity (Wildman–Crippen MR) is 69.9 cm³/mol. The predicted octanol–water partition coefficient (Wildman–Crippen LogP) is 4.04. The van der Waals surface area contributed by atoms with Crippen LogP contribution in [-0.2, 0) is 0 Å². The normalized spacial score (nSPS) is 12.0. The third-order valence-electron chi connectivity index (χ3n) is 1.96. The van der Waals surface area contributed by atoms with Crippen LogP contribution in [0.1, 0.15) is 5.69 Å². The smallest absolute Gasteiger partial charge is 0.150 e. The lowest BCUT2D eigenvalue weighted by Crippen LogP contribution is -1.86. The van der Waals surface area contributed by atoms with Crippen molar-refractivity contribution in [3.63, 3.8) is 0 Å². The zero-order chi connectivity index (χ0) is 10.3. The van der Waals surface area contributed by atoms with Crippen LogP contribution in [0, 0.1) is 12.7 Å². The molecular weight excluding hydrogens is 381 g/mol. The molecule has 0 fully saturated rings. The van der Waals surface area contributed by atoms with Gasteiger partial charge in [-0.1, -0.05) is 15.9 Å². The van der Waals surface area contributed by atoms with E-state index in [2.05, 4.69) is 43.1 Å². The van der Waals surface area contributed by atoms with E-state index in [1.54, 1.807) is 4.45 Å². The minimum absolute atomic E-state index is 0.223. The van der Waals surface area contributed by atoms with Crippen LogP contribution in [0.15, 0.2) is 16.6 Å². The van der Waals surface area contributed by atoms with Gasteiger partial charge in [0.25, 0.3) is 0 Å². The highest BCUT2D eigenvalue weighted by atomic mass is 127. The van der Waals surface area contributed by atoms with E-state index >= 15 is 0 Å². The van der Waals surface area contributed by atoms with Crippen LogP contribution in [0.5, 0.6) is 0 Å². The lowest BCUT2D eigenvalue weighted by Gasteiger charge is -1.98. The number of halogens is 3. The fourth-order valence-electron chi connectivity index (χ4n) is 1.37. The van der Waals surface area contributed by atoms with Gasteiger partial charge in [0, 0.05) is 9.86 Å². The van der Waals surface area contributed by atoms with E-state index in [-0.39, 0.29) is 5.82 Å².